The van der Waals surface area contributed by atoms with Crippen molar-refractivity contribution in [1.29, 1.82) is 0 Å². The fourth-order valence-electron chi connectivity index (χ4n) is 1.95. The van der Waals surface area contributed by atoms with E-state index in [2.05, 4.69) is 25.0 Å². The van der Waals surface area contributed by atoms with Crippen molar-refractivity contribution < 1.29 is 17.9 Å². The first-order chi connectivity index (χ1) is 13.0. The van der Waals surface area contributed by atoms with Crippen molar-refractivity contribution in [3.8, 4) is 0 Å². The summed E-state index contributed by atoms with van der Waals surface area (Å²) in [7, 11) is -2.28. The highest BCUT2D eigenvalue weighted by molar-refractivity contribution is 7.91. The van der Waals surface area contributed by atoms with Crippen LogP contribution in [0.5, 0.6) is 0 Å². The van der Waals surface area contributed by atoms with Crippen LogP contribution in [0, 0.1) is 0 Å². The van der Waals surface area contributed by atoms with E-state index in [9.17, 15) is 13.2 Å². The normalized spacial score (nSPS) is 10.9. The molecule has 0 saturated carbocycles. The van der Waals surface area contributed by atoms with E-state index in [1.54, 1.807) is 0 Å². The zero-order valence-electron chi connectivity index (χ0n) is 14.3. The first-order valence-electron chi connectivity index (χ1n) is 7.24. The highest BCUT2D eigenvalue weighted by Gasteiger charge is 2.23. The number of rotatable bonds is 2. The monoisotopic (exact) mass is 484 g/mol. The third-order valence-corrected chi connectivity index (χ3v) is 5.97. The minimum absolute atomic E-state index is 0.193. The van der Waals surface area contributed by atoms with Crippen LogP contribution in [0.2, 0.25) is 20.4 Å². The van der Waals surface area contributed by atoms with E-state index in [1.807, 2.05) is 24.3 Å². The number of pyridine rings is 1. The summed E-state index contributed by atoms with van der Waals surface area (Å²) in [5.74, 6) is 0.387. The number of nitrogens with one attached hydrogen (secondary N) is 2. The molecule has 0 aliphatic heterocycles. The second kappa shape index (κ2) is 9.15. The molecular formula is C15H12Cl4N4O4S. The van der Waals surface area contributed by atoms with Crippen LogP contribution in [-0.4, -0.2) is 42.8 Å². The molecule has 150 valence electrons. The average molecular weight is 486 g/mol. The quantitative estimate of drug-likeness (QED) is 0.502. The molecule has 0 spiro atoms. The summed E-state index contributed by atoms with van der Waals surface area (Å²) in [4.78, 5) is 21.2. The number of carbonyl (C=O) groups excluding carboxylic acids is 1. The van der Waals surface area contributed by atoms with Crippen molar-refractivity contribution in [3.63, 3.8) is 0 Å². The molecule has 3 aromatic rings. The van der Waals surface area contributed by atoms with E-state index in [0.29, 0.717) is 5.95 Å². The number of halogens is 4. The number of hydrogen-bond donors (Lipinski definition) is 2. The minimum Gasteiger partial charge on any atom is -0.453 e. The van der Waals surface area contributed by atoms with Crippen molar-refractivity contribution in [1.82, 2.24) is 15.0 Å². The number of methoxy groups -OCH3 is 1. The fraction of sp³-hybridized carbons (Fsp3) is 0.133. The van der Waals surface area contributed by atoms with Crippen LogP contribution >= 0.6 is 46.4 Å². The Kier molecular flexibility index (Phi) is 7.35. The third-order valence-electron chi connectivity index (χ3n) is 3.12. The first-order valence-corrected chi connectivity index (χ1v) is 10.6. The summed E-state index contributed by atoms with van der Waals surface area (Å²) >= 11 is 22.4. The Morgan fingerprint density at radius 2 is 1.64 bits per heavy atom. The van der Waals surface area contributed by atoms with Gasteiger partial charge in [-0.3, -0.25) is 5.32 Å². The van der Waals surface area contributed by atoms with Gasteiger partial charge >= 0.3 is 6.09 Å². The van der Waals surface area contributed by atoms with Crippen molar-refractivity contribution in [3.05, 3.63) is 44.6 Å². The number of anilines is 1. The Morgan fingerprint density at radius 3 is 2.14 bits per heavy atom. The van der Waals surface area contributed by atoms with Gasteiger partial charge in [0, 0.05) is 6.26 Å². The maximum atomic E-state index is 11.3. The molecule has 0 saturated heterocycles. The second-order valence-corrected chi connectivity index (χ2v) is 8.57. The average Bonchev–Trinajstić information content (AvgIpc) is 3.01. The molecular weight excluding hydrogens is 474 g/mol. The van der Waals surface area contributed by atoms with Gasteiger partial charge in [-0.1, -0.05) is 58.5 Å². The van der Waals surface area contributed by atoms with E-state index in [0.717, 1.165) is 17.3 Å². The molecule has 0 unspecified atom stereocenters. The van der Waals surface area contributed by atoms with Gasteiger partial charge in [-0.15, -0.1) is 0 Å². The van der Waals surface area contributed by atoms with E-state index >= 15 is 0 Å². The molecule has 0 aliphatic carbocycles. The second-order valence-electron chi connectivity index (χ2n) is 5.14. The smallest absolute Gasteiger partial charge is 0.413 e. The maximum Gasteiger partial charge on any atom is 0.413 e. The minimum atomic E-state index is -3.58. The Morgan fingerprint density at radius 1 is 1.07 bits per heavy atom. The van der Waals surface area contributed by atoms with Crippen LogP contribution in [0.15, 0.2) is 29.2 Å². The van der Waals surface area contributed by atoms with Crippen LogP contribution < -0.4 is 5.32 Å². The molecule has 0 atom stereocenters. The number of ether oxygens (including phenoxy) is 1. The lowest BCUT2D eigenvalue weighted by molar-refractivity contribution is 0.186. The molecule has 3 rings (SSSR count). The summed E-state index contributed by atoms with van der Waals surface area (Å²) in [6, 6.07) is 7.51. The molecule has 1 amide bonds. The van der Waals surface area contributed by atoms with Crippen molar-refractivity contribution in [2.45, 2.75) is 4.90 Å². The van der Waals surface area contributed by atoms with Crippen molar-refractivity contribution in [2.24, 2.45) is 0 Å². The number of amides is 1. The number of imidazole rings is 1. The molecule has 2 aromatic heterocycles. The third kappa shape index (κ3) is 5.39. The number of nitrogens with zero attached hydrogens (tertiary/aromatic N) is 2. The number of aromatic amines is 1. The van der Waals surface area contributed by atoms with Crippen LogP contribution in [0.1, 0.15) is 0 Å². The lowest BCUT2D eigenvalue weighted by Gasteiger charge is -2.06. The van der Waals surface area contributed by atoms with Gasteiger partial charge < -0.3 is 9.72 Å². The van der Waals surface area contributed by atoms with Crippen LogP contribution in [-0.2, 0) is 14.6 Å². The molecule has 0 bridgehead atoms. The summed E-state index contributed by atoms with van der Waals surface area (Å²) in [6.07, 6.45) is 0.413. The number of benzene rings is 1. The number of fused-ring (bicyclic) bond motifs is 1. The summed E-state index contributed by atoms with van der Waals surface area (Å²) in [5, 5.41) is 1.63. The molecule has 13 heteroatoms. The van der Waals surface area contributed by atoms with E-state index in [-0.39, 0.29) is 25.2 Å². The molecule has 0 aliphatic rings. The highest BCUT2D eigenvalue weighted by Crippen LogP contribution is 2.37. The maximum absolute atomic E-state index is 11.3. The van der Waals surface area contributed by atoms with Gasteiger partial charge in [0.15, 0.2) is 20.1 Å². The molecule has 1 aromatic carbocycles. The van der Waals surface area contributed by atoms with E-state index in [1.165, 1.54) is 7.11 Å². The Balaban J connectivity index is 0.000000200. The number of carbonyl (C=O) groups is 1. The predicted molar refractivity (Wildman–Crippen MR) is 110 cm³/mol. The molecule has 28 heavy (non-hydrogen) atoms. The summed E-state index contributed by atoms with van der Waals surface area (Å²) in [6.45, 7) is 0. The lowest BCUT2D eigenvalue weighted by atomic mass is 10.3. The zero-order chi connectivity index (χ0) is 21.1. The van der Waals surface area contributed by atoms with Crippen LogP contribution in [0.25, 0.3) is 11.0 Å². The number of hydrogen-bond acceptors (Lipinski definition) is 6. The fourth-order valence-corrected chi connectivity index (χ4v) is 4.47. The van der Waals surface area contributed by atoms with Gasteiger partial charge in [0.05, 0.1) is 28.2 Å². The highest BCUT2D eigenvalue weighted by atomic mass is 35.5. The lowest BCUT2D eigenvalue weighted by Crippen LogP contribution is -2.11. The van der Waals surface area contributed by atoms with Gasteiger partial charge in [-0.2, -0.15) is 0 Å². The number of sulfone groups is 1. The number of aromatic nitrogens is 3. The zero-order valence-corrected chi connectivity index (χ0v) is 18.1. The van der Waals surface area contributed by atoms with Gasteiger partial charge in [0.25, 0.3) is 0 Å². The van der Waals surface area contributed by atoms with Crippen molar-refractivity contribution in [2.75, 3.05) is 18.7 Å². The number of para-hydroxylation sites is 2. The molecule has 0 radical (unpaired) electrons. The van der Waals surface area contributed by atoms with Crippen LogP contribution in [0.4, 0.5) is 10.7 Å². The van der Waals surface area contributed by atoms with E-state index in [4.69, 9.17) is 46.4 Å². The number of H-pyrrole nitrogens is 1. The summed E-state index contributed by atoms with van der Waals surface area (Å²) < 4.78 is 27.0. The molecule has 8 nitrogen and oxygen atoms in total. The predicted octanol–water partition coefficient (Wildman–Crippen LogP) is 4.84. The first kappa shape index (κ1) is 22.5. The van der Waals surface area contributed by atoms with Crippen molar-refractivity contribution >= 4 is 79.3 Å². The SMILES string of the molecule is COC(=O)Nc1nc2ccccc2[nH]1.CS(=O)(=O)c1c(Cl)c(Cl)nc(Cl)c1Cl. The topological polar surface area (TPSA) is 114 Å². The summed E-state index contributed by atoms with van der Waals surface area (Å²) in [5.41, 5.74) is 1.68. The van der Waals surface area contributed by atoms with E-state index < -0.39 is 15.9 Å². The van der Waals surface area contributed by atoms with Gasteiger partial charge in [-0.25, -0.2) is 23.2 Å². The molecule has 2 N–H and O–H groups in total. The van der Waals surface area contributed by atoms with Gasteiger partial charge in [0.2, 0.25) is 5.95 Å². The van der Waals surface area contributed by atoms with Crippen LogP contribution in [0.3, 0.4) is 0 Å². The van der Waals surface area contributed by atoms with Gasteiger partial charge in [-0.05, 0) is 12.1 Å². The Bertz CT molecular complexity index is 1080. The largest absolute Gasteiger partial charge is 0.453 e. The Labute approximate surface area is 180 Å². The standard InChI is InChI=1S/C9H9N3O2.C6H3Cl4NO2S/c1-14-9(13)12-8-10-6-4-2-3-5-7(6)11-8;1-14(12,13)4-2(7)5(9)11-6(10)3(4)8/h2-5H,1H3,(H2,10,11,12,13);1H3. The molecule has 0 fully saturated rings. The van der Waals surface area contributed by atoms with Gasteiger partial charge in [0.1, 0.15) is 4.90 Å². The Hall–Kier alpha value is -1.78. The molecule has 2 heterocycles.